The van der Waals surface area contributed by atoms with Crippen molar-refractivity contribution in [3.63, 3.8) is 0 Å². The minimum absolute atomic E-state index is 0.0807. The number of carbonyl (C=O) groups is 2. The molecule has 0 bridgehead atoms. The maximum absolute atomic E-state index is 12.5. The Morgan fingerprint density at radius 3 is 2.17 bits per heavy atom. The van der Waals surface area contributed by atoms with Crippen molar-refractivity contribution >= 4 is 27.6 Å². The number of hydrogen-bond donors (Lipinski definition) is 1. The van der Waals surface area contributed by atoms with E-state index in [9.17, 15) is 18.0 Å². The third-order valence-corrected chi connectivity index (χ3v) is 4.82. The topological polar surface area (TPSA) is 92.8 Å². The highest BCUT2D eigenvalue weighted by Crippen LogP contribution is 2.18. The van der Waals surface area contributed by atoms with Crippen LogP contribution in [0.25, 0.3) is 0 Å². The fourth-order valence-electron chi connectivity index (χ4n) is 1.83. The van der Waals surface area contributed by atoms with E-state index in [-0.39, 0.29) is 18.0 Å². The fourth-order valence-corrected chi connectivity index (χ4v) is 3.21. The molecule has 0 aliphatic heterocycles. The van der Waals surface area contributed by atoms with E-state index in [2.05, 4.69) is 23.2 Å². The summed E-state index contributed by atoms with van der Waals surface area (Å²) in [4.78, 5) is 22.7. The number of rotatable bonds is 9. The Balaban J connectivity index is 2.89. The maximum Gasteiger partial charge on any atom is 0.315 e. The van der Waals surface area contributed by atoms with Gasteiger partial charge in [-0.1, -0.05) is 12.2 Å². The number of nitrogens with one attached hydrogen (secondary N) is 1. The zero-order valence-corrected chi connectivity index (χ0v) is 14.2. The predicted molar refractivity (Wildman–Crippen MR) is 90.9 cm³/mol. The van der Waals surface area contributed by atoms with Crippen molar-refractivity contribution in [1.29, 1.82) is 0 Å². The molecule has 0 saturated heterocycles. The third kappa shape index (κ3) is 5.32. The van der Waals surface area contributed by atoms with Crippen LogP contribution in [0.3, 0.4) is 0 Å². The number of sulfonamides is 1. The van der Waals surface area contributed by atoms with Crippen molar-refractivity contribution in [1.82, 2.24) is 4.31 Å². The summed E-state index contributed by atoms with van der Waals surface area (Å²) >= 11 is 0. The molecule has 0 fully saturated rings. The minimum atomic E-state index is -3.69. The highest BCUT2D eigenvalue weighted by molar-refractivity contribution is 7.89. The summed E-state index contributed by atoms with van der Waals surface area (Å²) in [6.45, 7) is 7.40. The molecule has 0 aliphatic carbocycles. The van der Waals surface area contributed by atoms with Gasteiger partial charge in [-0.15, -0.1) is 13.2 Å². The molecule has 0 aliphatic rings. The Bertz CT molecular complexity index is 700. The lowest BCUT2D eigenvalue weighted by Gasteiger charge is -2.19. The van der Waals surface area contributed by atoms with Crippen LogP contribution in [0.4, 0.5) is 5.69 Å². The zero-order chi connectivity index (χ0) is 18.2. The van der Waals surface area contributed by atoms with E-state index in [1.807, 2.05) is 0 Å². The molecule has 1 aromatic carbocycles. The van der Waals surface area contributed by atoms with Crippen LogP contribution >= 0.6 is 0 Å². The average Bonchev–Trinajstić information content (AvgIpc) is 2.54. The summed E-state index contributed by atoms with van der Waals surface area (Å²) in [6, 6.07) is 5.65. The number of nitrogens with zero attached hydrogens (tertiary/aromatic N) is 1. The van der Waals surface area contributed by atoms with Crippen LogP contribution in [0.2, 0.25) is 0 Å². The maximum atomic E-state index is 12.5. The highest BCUT2D eigenvalue weighted by atomic mass is 32.2. The third-order valence-electron chi connectivity index (χ3n) is 2.97. The van der Waals surface area contributed by atoms with E-state index in [4.69, 9.17) is 0 Å². The second-order valence-electron chi connectivity index (χ2n) is 4.72. The first kappa shape index (κ1) is 19.6. The van der Waals surface area contributed by atoms with E-state index in [1.165, 1.54) is 47.8 Å². The Labute approximate surface area is 141 Å². The average molecular weight is 352 g/mol. The van der Waals surface area contributed by atoms with Crippen LogP contribution in [-0.4, -0.2) is 44.8 Å². The molecular weight excluding hydrogens is 332 g/mol. The molecule has 24 heavy (non-hydrogen) atoms. The van der Waals surface area contributed by atoms with Gasteiger partial charge in [0.15, 0.2) is 0 Å². The standard InChI is InChI=1S/C16H20N2O5S/c1-4-10-18(11-5-2)24(21,22)14-8-6-13(7-9-14)17-15(19)12-16(20)23-3/h4-9H,1-2,10-12H2,3H3,(H,17,19). The van der Waals surface area contributed by atoms with Gasteiger partial charge in [-0.25, -0.2) is 8.42 Å². The van der Waals surface area contributed by atoms with E-state index >= 15 is 0 Å². The van der Waals surface area contributed by atoms with Gasteiger partial charge in [-0.05, 0) is 24.3 Å². The Kier molecular flexibility index (Phi) is 7.34. The monoisotopic (exact) mass is 352 g/mol. The number of ether oxygens (including phenoxy) is 1. The van der Waals surface area contributed by atoms with Crippen molar-refractivity contribution in [2.45, 2.75) is 11.3 Å². The van der Waals surface area contributed by atoms with Crippen LogP contribution in [0.15, 0.2) is 54.5 Å². The van der Waals surface area contributed by atoms with Crippen LogP contribution in [0.1, 0.15) is 6.42 Å². The van der Waals surface area contributed by atoms with Gasteiger partial charge in [0.25, 0.3) is 0 Å². The number of carbonyl (C=O) groups excluding carboxylic acids is 2. The second-order valence-corrected chi connectivity index (χ2v) is 6.66. The van der Waals surface area contributed by atoms with E-state index in [0.717, 1.165) is 0 Å². The molecule has 0 spiro atoms. The summed E-state index contributed by atoms with van der Waals surface area (Å²) in [7, 11) is -2.50. The van der Waals surface area contributed by atoms with Crippen molar-refractivity contribution in [2.75, 3.05) is 25.5 Å². The van der Waals surface area contributed by atoms with Crippen molar-refractivity contribution in [3.8, 4) is 0 Å². The molecule has 0 heterocycles. The SMILES string of the molecule is C=CCN(CC=C)S(=O)(=O)c1ccc(NC(=O)CC(=O)OC)cc1. The first-order valence-corrected chi connectivity index (χ1v) is 8.47. The molecule has 130 valence electrons. The molecule has 7 nitrogen and oxygen atoms in total. The number of methoxy groups -OCH3 is 1. The van der Waals surface area contributed by atoms with Crippen molar-refractivity contribution < 1.29 is 22.7 Å². The van der Waals surface area contributed by atoms with Gasteiger partial charge in [0.2, 0.25) is 15.9 Å². The molecule has 1 rings (SSSR count). The van der Waals surface area contributed by atoms with Crippen LogP contribution in [-0.2, 0) is 24.3 Å². The Hall–Kier alpha value is -2.45. The normalized spacial score (nSPS) is 10.9. The number of amides is 1. The fraction of sp³-hybridized carbons (Fsp3) is 0.250. The van der Waals surface area contributed by atoms with E-state index < -0.39 is 28.3 Å². The first-order chi connectivity index (χ1) is 11.3. The summed E-state index contributed by atoms with van der Waals surface area (Å²) < 4.78 is 30.6. The Morgan fingerprint density at radius 2 is 1.71 bits per heavy atom. The number of hydrogen-bond acceptors (Lipinski definition) is 5. The summed E-state index contributed by atoms with van der Waals surface area (Å²) in [5, 5.41) is 2.48. The van der Waals surface area contributed by atoms with Gasteiger partial charge in [-0.3, -0.25) is 9.59 Å². The van der Waals surface area contributed by atoms with Gasteiger partial charge in [0, 0.05) is 18.8 Å². The summed E-state index contributed by atoms with van der Waals surface area (Å²) in [6.07, 6.45) is 2.56. The molecule has 1 amide bonds. The number of anilines is 1. The van der Waals surface area contributed by atoms with Gasteiger partial charge in [-0.2, -0.15) is 4.31 Å². The van der Waals surface area contributed by atoms with Crippen molar-refractivity contribution in [3.05, 3.63) is 49.6 Å². The lowest BCUT2D eigenvalue weighted by molar-refractivity contribution is -0.142. The summed E-state index contributed by atoms with van der Waals surface area (Å²) in [5.74, 6) is -1.20. The second kappa shape index (κ2) is 8.99. The molecule has 0 aromatic heterocycles. The molecule has 0 atom stereocenters. The lowest BCUT2D eigenvalue weighted by atomic mass is 10.3. The van der Waals surface area contributed by atoms with Crippen molar-refractivity contribution in [2.24, 2.45) is 0 Å². The van der Waals surface area contributed by atoms with Gasteiger partial charge >= 0.3 is 5.97 Å². The van der Waals surface area contributed by atoms with Crippen LogP contribution in [0, 0.1) is 0 Å². The predicted octanol–water partition coefficient (Wildman–Crippen LogP) is 1.55. The van der Waals surface area contributed by atoms with Crippen LogP contribution in [0.5, 0.6) is 0 Å². The lowest BCUT2D eigenvalue weighted by Crippen LogP contribution is -2.31. The van der Waals surface area contributed by atoms with E-state index in [0.29, 0.717) is 5.69 Å². The smallest absolute Gasteiger partial charge is 0.315 e. The number of esters is 1. The molecule has 0 saturated carbocycles. The molecule has 0 radical (unpaired) electrons. The first-order valence-electron chi connectivity index (χ1n) is 7.03. The molecule has 0 unspecified atom stereocenters. The quantitative estimate of drug-likeness (QED) is 0.413. The minimum Gasteiger partial charge on any atom is -0.469 e. The summed E-state index contributed by atoms with van der Waals surface area (Å²) in [5.41, 5.74) is 0.377. The van der Waals surface area contributed by atoms with Gasteiger partial charge < -0.3 is 10.1 Å². The van der Waals surface area contributed by atoms with E-state index in [1.54, 1.807) is 0 Å². The van der Waals surface area contributed by atoms with Gasteiger partial charge in [0.1, 0.15) is 6.42 Å². The zero-order valence-electron chi connectivity index (χ0n) is 13.4. The molecular formula is C16H20N2O5S. The molecule has 1 aromatic rings. The molecule has 8 heteroatoms. The molecule has 1 N–H and O–H groups in total. The van der Waals surface area contributed by atoms with Crippen LogP contribution < -0.4 is 5.32 Å². The largest absolute Gasteiger partial charge is 0.469 e. The Morgan fingerprint density at radius 1 is 1.17 bits per heavy atom. The highest BCUT2D eigenvalue weighted by Gasteiger charge is 2.22. The number of benzene rings is 1. The van der Waals surface area contributed by atoms with Gasteiger partial charge in [0.05, 0.1) is 12.0 Å².